The fourth-order valence-corrected chi connectivity index (χ4v) is 3.21. The van der Waals surface area contributed by atoms with Crippen LogP contribution < -0.4 is 5.43 Å². The Kier molecular flexibility index (Phi) is 4.71. The minimum atomic E-state index is -0.194. The van der Waals surface area contributed by atoms with Crippen molar-refractivity contribution >= 4 is 22.5 Å². The zero-order valence-electron chi connectivity index (χ0n) is 15.7. The van der Waals surface area contributed by atoms with Crippen LogP contribution in [-0.2, 0) is 6.42 Å². The number of aryl methyl sites for hydroxylation is 1. The highest BCUT2D eigenvalue weighted by Gasteiger charge is 2.26. The van der Waals surface area contributed by atoms with Gasteiger partial charge in [0.05, 0.1) is 16.8 Å². The molecule has 2 aromatic carbocycles. The lowest BCUT2D eigenvalue weighted by Gasteiger charge is -2.09. The Labute approximate surface area is 159 Å². The number of hydrogen-bond donors (Lipinski definition) is 1. The van der Waals surface area contributed by atoms with Crippen molar-refractivity contribution in [3.8, 4) is 0 Å². The van der Waals surface area contributed by atoms with Gasteiger partial charge in [0.2, 0.25) is 0 Å². The van der Waals surface area contributed by atoms with Gasteiger partial charge in [0.25, 0.3) is 5.91 Å². The molecule has 4 rings (SSSR count). The Balaban J connectivity index is 1.60. The molecule has 1 aromatic heterocycles. The summed E-state index contributed by atoms with van der Waals surface area (Å²) in [6.45, 7) is 4.03. The Morgan fingerprint density at radius 3 is 2.59 bits per heavy atom. The van der Waals surface area contributed by atoms with E-state index in [4.69, 9.17) is 4.98 Å². The maximum Gasteiger partial charge on any atom is 0.272 e. The van der Waals surface area contributed by atoms with Crippen LogP contribution >= 0.6 is 0 Å². The summed E-state index contributed by atoms with van der Waals surface area (Å²) in [6, 6.07) is 18.0. The normalized spacial score (nSPS) is 14.4. The molecular formula is C23H23N3O. The molecule has 0 radical (unpaired) electrons. The summed E-state index contributed by atoms with van der Waals surface area (Å²) in [5, 5.41) is 5.18. The number of fused-ring (bicyclic) bond motifs is 1. The highest BCUT2D eigenvalue weighted by Crippen LogP contribution is 2.40. The minimum absolute atomic E-state index is 0.194. The van der Waals surface area contributed by atoms with Gasteiger partial charge in [-0.25, -0.2) is 5.43 Å². The number of carbonyl (C=O) groups is 1. The SMILES string of the molecule is CCc1ccc(/C(C)=N/NC(=O)c2cc(C3CC3)nc3ccccc23)cc1. The number of para-hydroxylation sites is 1. The molecule has 0 bridgehead atoms. The molecule has 1 amide bonds. The van der Waals surface area contributed by atoms with Gasteiger partial charge < -0.3 is 0 Å². The number of nitrogens with zero attached hydrogens (tertiary/aromatic N) is 2. The summed E-state index contributed by atoms with van der Waals surface area (Å²) in [6.07, 6.45) is 3.31. The molecular weight excluding hydrogens is 334 g/mol. The molecule has 0 unspecified atom stereocenters. The number of amides is 1. The third kappa shape index (κ3) is 3.75. The van der Waals surface area contributed by atoms with E-state index in [0.29, 0.717) is 11.5 Å². The van der Waals surface area contributed by atoms with Gasteiger partial charge in [0, 0.05) is 17.0 Å². The summed E-state index contributed by atoms with van der Waals surface area (Å²) in [4.78, 5) is 17.6. The summed E-state index contributed by atoms with van der Waals surface area (Å²) in [7, 11) is 0. The quantitative estimate of drug-likeness (QED) is 0.525. The maximum atomic E-state index is 12.8. The lowest BCUT2D eigenvalue weighted by molar-refractivity contribution is 0.0956. The third-order valence-corrected chi connectivity index (χ3v) is 5.08. The molecule has 27 heavy (non-hydrogen) atoms. The molecule has 0 spiro atoms. The zero-order chi connectivity index (χ0) is 18.8. The fourth-order valence-electron chi connectivity index (χ4n) is 3.21. The molecule has 4 nitrogen and oxygen atoms in total. The highest BCUT2D eigenvalue weighted by atomic mass is 16.2. The Hall–Kier alpha value is -3.01. The van der Waals surface area contributed by atoms with Gasteiger partial charge in [0.15, 0.2) is 0 Å². The topological polar surface area (TPSA) is 54.4 Å². The molecule has 1 fully saturated rings. The maximum absolute atomic E-state index is 12.8. The van der Waals surface area contributed by atoms with Gasteiger partial charge in [-0.2, -0.15) is 5.10 Å². The Morgan fingerprint density at radius 1 is 1.15 bits per heavy atom. The van der Waals surface area contributed by atoms with Gasteiger partial charge in [-0.15, -0.1) is 0 Å². The van der Waals surface area contributed by atoms with Crippen LogP contribution in [0.4, 0.5) is 0 Å². The molecule has 1 heterocycles. The monoisotopic (exact) mass is 357 g/mol. The van der Waals surface area contributed by atoms with Crippen molar-refractivity contribution in [1.29, 1.82) is 0 Å². The van der Waals surface area contributed by atoms with E-state index < -0.39 is 0 Å². The number of hydrogen-bond acceptors (Lipinski definition) is 3. The van der Waals surface area contributed by atoms with Crippen LogP contribution in [-0.4, -0.2) is 16.6 Å². The second-order valence-corrected chi connectivity index (χ2v) is 7.07. The number of hydrazone groups is 1. The second kappa shape index (κ2) is 7.31. The first-order valence-corrected chi connectivity index (χ1v) is 9.49. The lowest BCUT2D eigenvalue weighted by atomic mass is 10.1. The van der Waals surface area contributed by atoms with Crippen LogP contribution in [0.3, 0.4) is 0 Å². The van der Waals surface area contributed by atoms with Crippen molar-refractivity contribution in [2.24, 2.45) is 5.10 Å². The van der Waals surface area contributed by atoms with Gasteiger partial charge >= 0.3 is 0 Å². The van der Waals surface area contributed by atoms with Gasteiger partial charge in [-0.3, -0.25) is 9.78 Å². The molecule has 0 aliphatic heterocycles. The van der Waals surface area contributed by atoms with E-state index >= 15 is 0 Å². The first-order chi connectivity index (χ1) is 13.2. The van der Waals surface area contributed by atoms with Crippen molar-refractivity contribution in [3.63, 3.8) is 0 Å². The summed E-state index contributed by atoms with van der Waals surface area (Å²) < 4.78 is 0. The van der Waals surface area contributed by atoms with Crippen LogP contribution in [0.5, 0.6) is 0 Å². The molecule has 1 aliphatic rings. The van der Waals surface area contributed by atoms with Crippen molar-refractivity contribution < 1.29 is 4.79 Å². The van der Waals surface area contributed by atoms with Crippen molar-refractivity contribution in [2.45, 2.75) is 39.0 Å². The average Bonchev–Trinajstić information content (AvgIpc) is 3.56. The van der Waals surface area contributed by atoms with E-state index in [2.05, 4.69) is 29.6 Å². The van der Waals surface area contributed by atoms with E-state index in [1.807, 2.05) is 49.4 Å². The van der Waals surface area contributed by atoms with Crippen LogP contribution in [0, 0.1) is 0 Å². The van der Waals surface area contributed by atoms with Gasteiger partial charge in [-0.05, 0) is 49.4 Å². The van der Waals surface area contributed by atoms with Crippen LogP contribution in [0.1, 0.15) is 59.8 Å². The van der Waals surface area contributed by atoms with E-state index in [1.54, 1.807) is 0 Å². The van der Waals surface area contributed by atoms with E-state index in [9.17, 15) is 4.79 Å². The minimum Gasteiger partial charge on any atom is -0.267 e. The number of aromatic nitrogens is 1. The van der Waals surface area contributed by atoms with Gasteiger partial charge in [-0.1, -0.05) is 49.4 Å². The lowest BCUT2D eigenvalue weighted by Crippen LogP contribution is -2.20. The van der Waals surface area contributed by atoms with E-state index in [-0.39, 0.29) is 5.91 Å². The molecule has 1 N–H and O–H groups in total. The van der Waals surface area contributed by atoms with E-state index in [1.165, 1.54) is 5.56 Å². The van der Waals surface area contributed by atoms with Crippen molar-refractivity contribution in [2.75, 3.05) is 0 Å². The van der Waals surface area contributed by atoms with Crippen LogP contribution in [0.25, 0.3) is 10.9 Å². The molecule has 0 atom stereocenters. The molecule has 4 heteroatoms. The Morgan fingerprint density at radius 2 is 1.89 bits per heavy atom. The molecule has 3 aromatic rings. The highest BCUT2D eigenvalue weighted by molar-refractivity contribution is 6.07. The number of nitrogens with one attached hydrogen (secondary N) is 1. The largest absolute Gasteiger partial charge is 0.272 e. The molecule has 136 valence electrons. The number of rotatable bonds is 5. The number of benzene rings is 2. The average molecular weight is 357 g/mol. The van der Waals surface area contributed by atoms with Crippen molar-refractivity contribution in [3.05, 3.63) is 77.0 Å². The number of carbonyl (C=O) groups excluding carboxylic acids is 1. The second-order valence-electron chi connectivity index (χ2n) is 7.07. The van der Waals surface area contributed by atoms with Gasteiger partial charge in [0.1, 0.15) is 0 Å². The first-order valence-electron chi connectivity index (χ1n) is 9.49. The number of pyridine rings is 1. The third-order valence-electron chi connectivity index (χ3n) is 5.08. The van der Waals surface area contributed by atoms with Crippen LogP contribution in [0.15, 0.2) is 59.7 Å². The fraction of sp³-hybridized carbons (Fsp3) is 0.261. The smallest absolute Gasteiger partial charge is 0.267 e. The van der Waals surface area contributed by atoms with E-state index in [0.717, 1.165) is 47.1 Å². The molecule has 0 saturated heterocycles. The summed E-state index contributed by atoms with van der Waals surface area (Å²) >= 11 is 0. The predicted octanol–water partition coefficient (Wildman–Crippen LogP) is 4.83. The first kappa shape index (κ1) is 17.4. The summed E-state index contributed by atoms with van der Waals surface area (Å²) in [5.41, 5.74) is 8.31. The Bertz CT molecular complexity index is 1020. The van der Waals surface area contributed by atoms with Crippen molar-refractivity contribution in [1.82, 2.24) is 10.4 Å². The summed E-state index contributed by atoms with van der Waals surface area (Å²) in [5.74, 6) is 0.295. The molecule has 1 saturated carbocycles. The zero-order valence-corrected chi connectivity index (χ0v) is 15.7. The molecule has 1 aliphatic carbocycles. The predicted molar refractivity (Wildman–Crippen MR) is 109 cm³/mol. The van der Waals surface area contributed by atoms with Crippen LogP contribution in [0.2, 0.25) is 0 Å². The standard InChI is InChI=1S/C23H23N3O/c1-3-16-8-10-17(11-9-16)15(2)25-26-23(27)20-14-22(18-12-13-18)24-21-7-5-4-6-19(20)21/h4-11,14,18H,3,12-13H2,1-2H3,(H,26,27)/b25-15+.